The Morgan fingerprint density at radius 2 is 2.24 bits per heavy atom. The summed E-state index contributed by atoms with van der Waals surface area (Å²) in [5.41, 5.74) is 15.6. The molecule has 96 valence electrons. The summed E-state index contributed by atoms with van der Waals surface area (Å²) in [7, 11) is 0. The number of anilines is 1. The lowest BCUT2D eigenvalue weighted by atomic mass is 10.0. The molecule has 1 aromatic rings. The third kappa shape index (κ3) is 5.76. The molecule has 17 heavy (non-hydrogen) atoms. The van der Waals surface area contributed by atoms with Crippen LogP contribution >= 0.6 is 0 Å². The molecular formula is C10H17N4O2S-. The Hall–Kier alpha value is -0.990. The Labute approximate surface area is 103 Å². The van der Waals surface area contributed by atoms with Crippen LogP contribution in [-0.2, 0) is 17.7 Å². The topological polar surface area (TPSA) is 116 Å². The molecule has 2 atom stereocenters. The zero-order valence-electron chi connectivity index (χ0n) is 9.39. The monoisotopic (exact) mass is 257 g/mol. The van der Waals surface area contributed by atoms with Crippen LogP contribution in [0.1, 0.15) is 12.0 Å². The summed E-state index contributed by atoms with van der Waals surface area (Å²) >= 11 is -2.34. The molecule has 6 N–H and O–H groups in total. The number of benzene rings is 1. The maximum Gasteiger partial charge on any atom is 0.0499 e. The fraction of sp³-hybridized carbons (Fsp3) is 0.400. The molecule has 7 heteroatoms. The minimum atomic E-state index is -2.34. The van der Waals surface area contributed by atoms with Crippen LogP contribution in [0.5, 0.6) is 0 Å². The fourth-order valence-corrected chi connectivity index (χ4v) is 1.70. The molecule has 0 fully saturated rings. The number of hydrogen-bond acceptors (Lipinski definition) is 5. The smallest absolute Gasteiger partial charge is 0.0499 e. The first-order valence-electron chi connectivity index (χ1n) is 5.27. The molecule has 0 bridgehead atoms. The van der Waals surface area contributed by atoms with Gasteiger partial charge in [-0.25, -0.2) is 0 Å². The first-order valence-corrected chi connectivity index (χ1v) is 6.35. The highest BCUT2D eigenvalue weighted by atomic mass is 32.2. The predicted octanol–water partition coefficient (Wildman–Crippen LogP) is -0.384. The quantitative estimate of drug-likeness (QED) is 0.392. The maximum atomic E-state index is 10.3. The molecule has 0 heterocycles. The Balaban J connectivity index is 2.56. The van der Waals surface area contributed by atoms with Crippen molar-refractivity contribution in [3.05, 3.63) is 29.8 Å². The molecule has 0 saturated carbocycles. The average molecular weight is 257 g/mol. The standard InChI is InChI=1S/C10H18N4O2S/c11-5-4-9(12)6-8-2-1-3-10(7-8)13-14-17(15)16/h1-3,7,9,13-14H,4-6,11-12H2,(H,15,16)/p-1. The molecule has 0 aliphatic rings. The van der Waals surface area contributed by atoms with Gasteiger partial charge in [0.15, 0.2) is 0 Å². The van der Waals surface area contributed by atoms with Crippen LogP contribution in [0.15, 0.2) is 24.3 Å². The minimum Gasteiger partial charge on any atom is -0.759 e. The van der Waals surface area contributed by atoms with Gasteiger partial charge in [-0.2, -0.15) is 4.83 Å². The van der Waals surface area contributed by atoms with Gasteiger partial charge in [0.1, 0.15) is 0 Å². The molecule has 6 nitrogen and oxygen atoms in total. The van der Waals surface area contributed by atoms with Gasteiger partial charge in [0.05, 0.1) is 0 Å². The lowest BCUT2D eigenvalue weighted by molar-refractivity contribution is 0.528. The van der Waals surface area contributed by atoms with Crippen molar-refractivity contribution in [2.24, 2.45) is 11.5 Å². The van der Waals surface area contributed by atoms with Crippen LogP contribution in [0, 0.1) is 0 Å². The third-order valence-corrected chi connectivity index (χ3v) is 2.51. The Morgan fingerprint density at radius 3 is 2.88 bits per heavy atom. The number of hydrazine groups is 1. The van der Waals surface area contributed by atoms with E-state index in [4.69, 9.17) is 11.5 Å². The van der Waals surface area contributed by atoms with Gasteiger partial charge >= 0.3 is 0 Å². The van der Waals surface area contributed by atoms with Crippen LogP contribution in [0.25, 0.3) is 0 Å². The van der Waals surface area contributed by atoms with Gasteiger partial charge in [-0.05, 0) is 37.1 Å². The van der Waals surface area contributed by atoms with E-state index in [2.05, 4.69) is 10.3 Å². The van der Waals surface area contributed by atoms with E-state index in [0.29, 0.717) is 18.7 Å². The summed E-state index contributed by atoms with van der Waals surface area (Å²) in [4.78, 5) is 2.08. The molecule has 0 amide bonds. The zero-order chi connectivity index (χ0) is 12.7. The Bertz CT molecular complexity index is 375. The van der Waals surface area contributed by atoms with Crippen LogP contribution in [0.4, 0.5) is 5.69 Å². The summed E-state index contributed by atoms with van der Waals surface area (Å²) in [5.74, 6) is 0. The normalized spacial score (nSPS) is 14.3. The van der Waals surface area contributed by atoms with Crippen molar-refractivity contribution in [1.29, 1.82) is 0 Å². The van der Waals surface area contributed by atoms with Crippen LogP contribution in [-0.4, -0.2) is 21.3 Å². The third-order valence-electron chi connectivity index (χ3n) is 2.24. The first-order chi connectivity index (χ1) is 8.11. The van der Waals surface area contributed by atoms with E-state index in [1.165, 1.54) is 0 Å². The van der Waals surface area contributed by atoms with Gasteiger partial charge < -0.3 is 21.4 Å². The first kappa shape index (κ1) is 14.1. The van der Waals surface area contributed by atoms with E-state index in [1.807, 2.05) is 18.2 Å². The predicted molar refractivity (Wildman–Crippen MR) is 67.5 cm³/mol. The summed E-state index contributed by atoms with van der Waals surface area (Å²) in [6, 6.07) is 7.41. The second-order valence-electron chi connectivity index (χ2n) is 3.70. The van der Waals surface area contributed by atoms with Crippen molar-refractivity contribution in [2.75, 3.05) is 12.0 Å². The second-order valence-corrected chi connectivity index (χ2v) is 4.38. The van der Waals surface area contributed by atoms with Gasteiger partial charge in [-0.3, -0.25) is 4.21 Å². The lowest BCUT2D eigenvalue weighted by Crippen LogP contribution is -2.26. The Kier molecular flexibility index (Phi) is 6.09. The molecule has 0 saturated heterocycles. The molecule has 0 spiro atoms. The fourth-order valence-electron chi connectivity index (χ4n) is 1.50. The zero-order valence-corrected chi connectivity index (χ0v) is 10.2. The number of rotatable bonds is 7. The van der Waals surface area contributed by atoms with Crippen molar-refractivity contribution in [3.63, 3.8) is 0 Å². The molecule has 0 aliphatic carbocycles. The molecule has 0 aromatic heterocycles. The minimum absolute atomic E-state index is 0.0249. The molecular weight excluding hydrogens is 240 g/mol. The number of hydrogen-bond donors (Lipinski definition) is 4. The van der Waals surface area contributed by atoms with E-state index >= 15 is 0 Å². The average Bonchev–Trinajstić information content (AvgIpc) is 2.27. The highest BCUT2D eigenvalue weighted by Crippen LogP contribution is 2.11. The van der Waals surface area contributed by atoms with Crippen molar-refractivity contribution < 1.29 is 8.76 Å². The molecule has 1 rings (SSSR count). The second kappa shape index (κ2) is 7.36. The van der Waals surface area contributed by atoms with Crippen LogP contribution < -0.4 is 21.7 Å². The number of nitrogens with one attached hydrogen (secondary N) is 2. The maximum absolute atomic E-state index is 10.3. The largest absolute Gasteiger partial charge is 0.759 e. The Morgan fingerprint density at radius 1 is 1.47 bits per heavy atom. The van der Waals surface area contributed by atoms with E-state index in [1.54, 1.807) is 6.07 Å². The van der Waals surface area contributed by atoms with Crippen molar-refractivity contribution in [2.45, 2.75) is 18.9 Å². The highest BCUT2D eigenvalue weighted by molar-refractivity contribution is 7.77. The molecule has 2 unspecified atom stereocenters. The van der Waals surface area contributed by atoms with Crippen molar-refractivity contribution in [1.82, 2.24) is 4.83 Å². The summed E-state index contributed by atoms with van der Waals surface area (Å²) < 4.78 is 20.6. The SMILES string of the molecule is NCCC(N)Cc1cccc(NNS(=O)[O-])c1. The number of nitrogens with two attached hydrogens (primary N) is 2. The van der Waals surface area contributed by atoms with Gasteiger partial charge in [0.2, 0.25) is 0 Å². The van der Waals surface area contributed by atoms with E-state index in [0.717, 1.165) is 12.0 Å². The molecule has 1 aromatic carbocycles. The van der Waals surface area contributed by atoms with E-state index in [-0.39, 0.29) is 6.04 Å². The van der Waals surface area contributed by atoms with Crippen molar-refractivity contribution >= 4 is 17.0 Å². The molecule has 0 radical (unpaired) electrons. The van der Waals surface area contributed by atoms with Crippen LogP contribution in [0.2, 0.25) is 0 Å². The van der Waals surface area contributed by atoms with Gasteiger partial charge in [0.25, 0.3) is 0 Å². The summed E-state index contributed by atoms with van der Waals surface area (Å²) in [5, 5.41) is 0. The van der Waals surface area contributed by atoms with Crippen molar-refractivity contribution in [3.8, 4) is 0 Å². The van der Waals surface area contributed by atoms with Crippen LogP contribution in [0.3, 0.4) is 0 Å². The highest BCUT2D eigenvalue weighted by Gasteiger charge is 2.03. The lowest BCUT2D eigenvalue weighted by Gasteiger charge is -2.13. The van der Waals surface area contributed by atoms with E-state index in [9.17, 15) is 8.76 Å². The van der Waals surface area contributed by atoms with Gasteiger partial charge in [0, 0.05) is 23.0 Å². The summed E-state index contributed by atoms with van der Waals surface area (Å²) in [6.45, 7) is 0.565. The summed E-state index contributed by atoms with van der Waals surface area (Å²) in [6.07, 6.45) is 1.48. The molecule has 0 aliphatic heterocycles. The van der Waals surface area contributed by atoms with Gasteiger partial charge in [-0.1, -0.05) is 12.1 Å². The van der Waals surface area contributed by atoms with Gasteiger partial charge in [-0.15, -0.1) is 0 Å². The van der Waals surface area contributed by atoms with E-state index < -0.39 is 11.3 Å².